The highest BCUT2D eigenvalue weighted by molar-refractivity contribution is 7.89. The largest absolute Gasteiger partial charge is 0.444 e. The Morgan fingerprint density at radius 2 is 1.95 bits per heavy atom. The molecule has 202 valence electrons. The number of benzene rings is 1. The molecule has 1 saturated heterocycles. The molecule has 4 atom stereocenters. The van der Waals surface area contributed by atoms with Crippen molar-refractivity contribution in [2.75, 3.05) is 12.9 Å². The van der Waals surface area contributed by atoms with Gasteiger partial charge in [-0.2, -0.15) is 9.19 Å². The number of nitrogens with zero attached hydrogens (tertiary/aromatic N) is 3. The Bertz CT molecular complexity index is 1330. The van der Waals surface area contributed by atoms with E-state index in [0.29, 0.717) is 11.3 Å². The minimum Gasteiger partial charge on any atom is -0.444 e. The fourth-order valence-electron chi connectivity index (χ4n) is 4.81. The van der Waals surface area contributed by atoms with Crippen LogP contribution in [0.3, 0.4) is 0 Å². The van der Waals surface area contributed by atoms with Crippen molar-refractivity contribution in [2.45, 2.75) is 63.6 Å². The summed E-state index contributed by atoms with van der Waals surface area (Å²) in [5.41, 5.74) is 5.43. The molecule has 3 heterocycles. The molecule has 0 aliphatic carbocycles. The smallest absolute Gasteiger partial charge is 0.407 e. The van der Waals surface area contributed by atoms with Gasteiger partial charge in [0, 0.05) is 23.7 Å². The van der Waals surface area contributed by atoms with Gasteiger partial charge in [-0.1, -0.05) is 0 Å². The zero-order valence-corrected chi connectivity index (χ0v) is 21.6. The lowest BCUT2D eigenvalue weighted by Crippen LogP contribution is -2.53. The monoisotopic (exact) mass is 541 g/mol. The van der Waals surface area contributed by atoms with Crippen LogP contribution in [0.15, 0.2) is 24.4 Å². The van der Waals surface area contributed by atoms with E-state index in [4.69, 9.17) is 15.2 Å². The van der Waals surface area contributed by atoms with Gasteiger partial charge >= 0.3 is 6.09 Å². The Balaban J connectivity index is 1.65. The van der Waals surface area contributed by atoms with Crippen LogP contribution in [-0.4, -0.2) is 65.1 Å². The second-order valence-corrected chi connectivity index (χ2v) is 12.0. The van der Waals surface area contributed by atoms with Gasteiger partial charge in [-0.3, -0.25) is 9.69 Å². The van der Waals surface area contributed by atoms with E-state index in [1.54, 1.807) is 25.7 Å². The number of hydrogen-bond donors (Lipinski definition) is 2. The first-order valence-corrected chi connectivity index (χ1v) is 13.4. The molecule has 11 nitrogen and oxygen atoms in total. The predicted molar refractivity (Wildman–Crippen MR) is 127 cm³/mol. The van der Waals surface area contributed by atoms with Gasteiger partial charge in [0.25, 0.3) is 10.0 Å². The first kappa shape index (κ1) is 26.9. The number of nitrogens with one attached hydrogen (secondary N) is 1. The average Bonchev–Trinajstić information content (AvgIpc) is 3.33. The van der Waals surface area contributed by atoms with Crippen LogP contribution in [0, 0.1) is 11.6 Å². The van der Waals surface area contributed by atoms with Crippen LogP contribution < -0.4 is 11.1 Å². The number of primary amides is 1. The van der Waals surface area contributed by atoms with Crippen LogP contribution in [-0.2, 0) is 30.8 Å². The highest BCUT2D eigenvalue weighted by Gasteiger charge is 2.46. The molecule has 0 radical (unpaired) electrons. The maximum atomic E-state index is 14.7. The van der Waals surface area contributed by atoms with Gasteiger partial charge in [0.15, 0.2) is 0 Å². The normalized spacial score (nSPS) is 24.5. The van der Waals surface area contributed by atoms with Gasteiger partial charge in [-0.25, -0.2) is 22.0 Å². The minimum atomic E-state index is -3.74. The molecule has 14 heteroatoms. The number of halogens is 2. The van der Waals surface area contributed by atoms with Crippen LogP contribution >= 0.6 is 0 Å². The van der Waals surface area contributed by atoms with Crippen molar-refractivity contribution in [3.63, 3.8) is 0 Å². The van der Waals surface area contributed by atoms with E-state index in [1.807, 2.05) is 0 Å². The third kappa shape index (κ3) is 5.60. The molecule has 2 aliphatic heterocycles. The van der Waals surface area contributed by atoms with E-state index >= 15 is 0 Å². The molecule has 1 aromatic carbocycles. The number of fused-ring (bicyclic) bond motifs is 1. The van der Waals surface area contributed by atoms with Crippen molar-refractivity contribution in [3.05, 3.63) is 52.9 Å². The van der Waals surface area contributed by atoms with E-state index < -0.39 is 63.5 Å². The Morgan fingerprint density at radius 3 is 2.57 bits per heavy atom. The van der Waals surface area contributed by atoms with Crippen molar-refractivity contribution in [3.8, 4) is 0 Å². The Morgan fingerprint density at radius 1 is 1.24 bits per heavy atom. The van der Waals surface area contributed by atoms with Crippen LogP contribution in [0.25, 0.3) is 0 Å². The fourth-order valence-corrected chi connectivity index (χ4v) is 5.60. The third-order valence-electron chi connectivity index (χ3n) is 6.20. The minimum absolute atomic E-state index is 0.0161. The molecule has 0 saturated carbocycles. The lowest BCUT2D eigenvalue weighted by Gasteiger charge is -2.41. The van der Waals surface area contributed by atoms with Crippen LogP contribution in [0.2, 0.25) is 0 Å². The number of nitrogens with two attached hydrogens (primary N) is 1. The SMILES string of the molecule is CC(C)(C)OC(=O)N[C@H]1C[C@@H](N2Cc3c(cnn3S(C)(=O)=O)[C@H]2C(N)=O)CO[C@@H]1c1cc(F)ccc1F. The Hall–Kier alpha value is -3.10. The maximum Gasteiger partial charge on any atom is 0.407 e. The number of rotatable bonds is 5. The van der Waals surface area contributed by atoms with E-state index in [9.17, 15) is 26.8 Å². The second-order valence-electron chi connectivity index (χ2n) is 10.2. The average molecular weight is 542 g/mol. The van der Waals surface area contributed by atoms with Crippen molar-refractivity contribution in [1.29, 1.82) is 0 Å². The molecule has 2 aliphatic rings. The van der Waals surface area contributed by atoms with Gasteiger partial charge < -0.3 is 20.5 Å². The number of carbonyl (C=O) groups is 2. The van der Waals surface area contributed by atoms with Crippen LogP contribution in [0.1, 0.15) is 56.2 Å². The molecule has 0 spiro atoms. The maximum absolute atomic E-state index is 14.7. The number of ether oxygens (including phenoxy) is 2. The number of hydrogen-bond acceptors (Lipinski definition) is 8. The first-order chi connectivity index (χ1) is 17.2. The molecular weight excluding hydrogens is 512 g/mol. The Labute approximate surface area is 212 Å². The molecule has 1 aromatic heterocycles. The van der Waals surface area contributed by atoms with E-state index in [-0.39, 0.29) is 25.1 Å². The molecule has 37 heavy (non-hydrogen) atoms. The summed E-state index contributed by atoms with van der Waals surface area (Å²) in [7, 11) is -3.74. The van der Waals surface area contributed by atoms with Gasteiger partial charge in [-0.15, -0.1) is 0 Å². The van der Waals surface area contributed by atoms with Gasteiger partial charge in [-0.05, 0) is 45.4 Å². The first-order valence-electron chi connectivity index (χ1n) is 11.5. The summed E-state index contributed by atoms with van der Waals surface area (Å²) >= 11 is 0. The molecule has 3 N–H and O–H groups in total. The summed E-state index contributed by atoms with van der Waals surface area (Å²) in [5, 5.41) is 6.58. The predicted octanol–water partition coefficient (Wildman–Crippen LogP) is 1.73. The Kier molecular flexibility index (Phi) is 7.03. The van der Waals surface area contributed by atoms with E-state index in [1.165, 1.54) is 6.20 Å². The number of carbonyl (C=O) groups excluding carboxylic acids is 2. The molecule has 1 fully saturated rings. The second kappa shape index (κ2) is 9.65. The van der Waals surface area contributed by atoms with Crippen molar-refractivity contribution < 1.29 is 36.3 Å². The topological polar surface area (TPSA) is 146 Å². The van der Waals surface area contributed by atoms with Gasteiger partial charge in [0.1, 0.15) is 29.4 Å². The van der Waals surface area contributed by atoms with Crippen LogP contribution in [0.5, 0.6) is 0 Å². The van der Waals surface area contributed by atoms with Gasteiger partial charge in [0.2, 0.25) is 5.91 Å². The highest BCUT2D eigenvalue weighted by atomic mass is 32.2. The molecule has 0 bridgehead atoms. The zero-order valence-electron chi connectivity index (χ0n) is 20.8. The number of alkyl carbamates (subject to hydrolysis) is 1. The number of aromatic nitrogens is 2. The summed E-state index contributed by atoms with van der Waals surface area (Å²) in [4.78, 5) is 26.7. The molecule has 0 unspecified atom stereocenters. The zero-order chi connectivity index (χ0) is 27.3. The van der Waals surface area contributed by atoms with Crippen molar-refractivity contribution in [1.82, 2.24) is 19.4 Å². The molecule has 2 aromatic rings. The van der Waals surface area contributed by atoms with E-state index in [0.717, 1.165) is 28.5 Å². The molecular formula is C23H29F2N5O6S. The lowest BCUT2D eigenvalue weighted by molar-refractivity contribution is -0.127. The highest BCUT2D eigenvalue weighted by Crippen LogP contribution is 2.40. The van der Waals surface area contributed by atoms with Gasteiger partial charge in [0.05, 0.1) is 30.8 Å². The summed E-state index contributed by atoms with van der Waals surface area (Å²) < 4.78 is 65.1. The van der Waals surface area contributed by atoms with Crippen molar-refractivity contribution >= 4 is 22.0 Å². The number of amides is 2. The lowest BCUT2D eigenvalue weighted by atomic mass is 9.92. The molecule has 2 amide bonds. The van der Waals surface area contributed by atoms with Crippen LogP contribution in [0.4, 0.5) is 13.6 Å². The fraction of sp³-hybridized carbons (Fsp3) is 0.522. The quantitative estimate of drug-likeness (QED) is 0.582. The standard InChI is InChI=1S/C23H29F2N5O6S/c1-23(2,3)36-22(32)28-17-8-13(11-35-20(17)14-7-12(24)5-6-16(14)25)29-10-18-15(19(29)21(26)31)9-27-30(18)37(4,33)34/h5-7,9,13,17,19-20H,8,10-11H2,1-4H3,(H2,26,31)(H,28,32)/t13-,17+,19+,20-/m1/s1. The summed E-state index contributed by atoms with van der Waals surface area (Å²) in [6.07, 6.45) is 0.581. The summed E-state index contributed by atoms with van der Waals surface area (Å²) in [6.45, 7) is 5.02. The third-order valence-corrected chi connectivity index (χ3v) is 7.15. The van der Waals surface area contributed by atoms with E-state index in [2.05, 4.69) is 10.4 Å². The molecule has 4 rings (SSSR count). The van der Waals surface area contributed by atoms with Crippen molar-refractivity contribution in [2.24, 2.45) is 5.73 Å². The summed E-state index contributed by atoms with van der Waals surface area (Å²) in [6, 6.07) is 0.526. The summed E-state index contributed by atoms with van der Waals surface area (Å²) in [5.74, 6) is -2.10.